The number of hydrogen-bond acceptors (Lipinski definition) is 5. The van der Waals surface area contributed by atoms with Crippen molar-refractivity contribution in [3.05, 3.63) is 58.3 Å². The van der Waals surface area contributed by atoms with E-state index in [1.807, 2.05) is 31.2 Å². The minimum atomic E-state index is -1.06. The van der Waals surface area contributed by atoms with E-state index in [4.69, 9.17) is 14.3 Å². The first-order valence-corrected chi connectivity index (χ1v) is 10.5. The average Bonchev–Trinajstić information content (AvgIpc) is 3.16. The minimum absolute atomic E-state index is 0.0445. The Bertz CT molecular complexity index is 1020. The van der Waals surface area contributed by atoms with Crippen molar-refractivity contribution < 1.29 is 19.1 Å². The van der Waals surface area contributed by atoms with Gasteiger partial charge in [-0.2, -0.15) is 0 Å². The molecule has 1 aliphatic heterocycles. The highest BCUT2D eigenvalue weighted by Gasteiger charge is 2.21. The molecule has 0 bridgehead atoms. The quantitative estimate of drug-likeness (QED) is 0.581. The smallest absolute Gasteiger partial charge is 0.371 e. The van der Waals surface area contributed by atoms with Gasteiger partial charge in [-0.1, -0.05) is 12.1 Å². The summed E-state index contributed by atoms with van der Waals surface area (Å²) in [7, 11) is 0. The van der Waals surface area contributed by atoms with Gasteiger partial charge in [-0.25, -0.2) is 4.79 Å². The van der Waals surface area contributed by atoms with Gasteiger partial charge in [0.2, 0.25) is 5.76 Å². The second-order valence-corrected chi connectivity index (χ2v) is 7.86. The van der Waals surface area contributed by atoms with E-state index in [0.29, 0.717) is 12.2 Å². The Morgan fingerprint density at radius 1 is 1.17 bits per heavy atom. The van der Waals surface area contributed by atoms with Crippen LogP contribution in [0.1, 0.15) is 23.0 Å². The van der Waals surface area contributed by atoms with Crippen LogP contribution < -0.4 is 9.64 Å². The fourth-order valence-electron chi connectivity index (χ4n) is 3.72. The fourth-order valence-corrected chi connectivity index (χ4v) is 4.41. The number of carbonyl (C=O) groups is 1. The van der Waals surface area contributed by atoms with Crippen molar-refractivity contribution in [3.63, 3.8) is 0 Å². The van der Waals surface area contributed by atoms with Crippen molar-refractivity contribution in [2.45, 2.75) is 13.5 Å². The summed E-state index contributed by atoms with van der Waals surface area (Å²) in [4.78, 5) is 15.9. The summed E-state index contributed by atoms with van der Waals surface area (Å²) in [5.41, 5.74) is 2.89. The summed E-state index contributed by atoms with van der Waals surface area (Å²) in [6, 6.07) is 13.7. The molecule has 2 heterocycles. The highest BCUT2D eigenvalue weighted by Crippen LogP contribution is 2.36. The molecule has 1 aromatic heterocycles. The third kappa shape index (κ3) is 4.26. The second-order valence-electron chi connectivity index (χ2n) is 7.07. The lowest BCUT2D eigenvalue weighted by Gasteiger charge is -2.36. The van der Waals surface area contributed by atoms with Crippen LogP contribution in [0.3, 0.4) is 0 Å². The first-order chi connectivity index (χ1) is 14.0. The van der Waals surface area contributed by atoms with E-state index in [1.54, 1.807) is 6.07 Å². The zero-order valence-corrected chi connectivity index (χ0v) is 17.8. The molecule has 3 aromatic rings. The van der Waals surface area contributed by atoms with Crippen LogP contribution in [0.15, 0.2) is 51.4 Å². The Hall–Kier alpha value is -2.51. The van der Waals surface area contributed by atoms with Gasteiger partial charge >= 0.3 is 5.97 Å². The number of hydrogen-bond donors (Lipinski definition) is 1. The Labute approximate surface area is 177 Å². The molecule has 2 aromatic carbocycles. The second kappa shape index (κ2) is 8.47. The molecule has 0 aliphatic carbocycles. The van der Waals surface area contributed by atoms with Gasteiger partial charge in [0, 0.05) is 44.2 Å². The monoisotopic (exact) mass is 458 g/mol. The molecule has 4 rings (SSSR count). The number of halogens is 1. The van der Waals surface area contributed by atoms with Crippen LogP contribution in [0.25, 0.3) is 11.0 Å². The van der Waals surface area contributed by atoms with Gasteiger partial charge in [-0.3, -0.25) is 4.90 Å². The number of piperazine rings is 1. The number of anilines is 1. The van der Waals surface area contributed by atoms with Crippen LogP contribution in [0.4, 0.5) is 5.69 Å². The van der Waals surface area contributed by atoms with Crippen molar-refractivity contribution in [1.82, 2.24) is 4.90 Å². The Balaban J connectivity index is 1.43. The number of carboxylic acid groups (broad SMARTS) is 1. The zero-order chi connectivity index (χ0) is 20.4. The van der Waals surface area contributed by atoms with Gasteiger partial charge in [-0.05, 0) is 52.7 Å². The van der Waals surface area contributed by atoms with E-state index in [9.17, 15) is 4.79 Å². The maximum absolute atomic E-state index is 11.2. The molecule has 1 aliphatic rings. The number of aromatic carboxylic acids is 1. The van der Waals surface area contributed by atoms with E-state index in [2.05, 4.69) is 37.9 Å². The average molecular weight is 459 g/mol. The van der Waals surface area contributed by atoms with Gasteiger partial charge in [0.1, 0.15) is 11.3 Å². The van der Waals surface area contributed by atoms with Crippen LogP contribution in [0, 0.1) is 0 Å². The predicted octanol–water partition coefficient (Wildman–Crippen LogP) is 4.61. The zero-order valence-electron chi connectivity index (χ0n) is 16.2. The molecular formula is C22H23BrN2O4. The highest BCUT2D eigenvalue weighted by molar-refractivity contribution is 9.10. The topological polar surface area (TPSA) is 66.2 Å². The van der Waals surface area contributed by atoms with Gasteiger partial charge in [-0.15, -0.1) is 0 Å². The molecule has 0 radical (unpaired) electrons. The molecule has 0 saturated carbocycles. The molecule has 7 heteroatoms. The Kier molecular flexibility index (Phi) is 5.78. The van der Waals surface area contributed by atoms with E-state index in [1.165, 1.54) is 5.56 Å². The van der Waals surface area contributed by atoms with Gasteiger partial charge < -0.3 is 19.2 Å². The number of benzene rings is 2. The summed E-state index contributed by atoms with van der Waals surface area (Å²) in [6.07, 6.45) is 0. The van der Waals surface area contributed by atoms with Crippen molar-refractivity contribution in [2.24, 2.45) is 0 Å². The van der Waals surface area contributed by atoms with Crippen molar-refractivity contribution in [1.29, 1.82) is 0 Å². The summed E-state index contributed by atoms with van der Waals surface area (Å²) >= 11 is 3.65. The summed E-state index contributed by atoms with van der Waals surface area (Å²) in [6.45, 7) is 7.28. The molecule has 0 unspecified atom stereocenters. The molecule has 6 nitrogen and oxygen atoms in total. The highest BCUT2D eigenvalue weighted by atomic mass is 79.9. The van der Waals surface area contributed by atoms with Gasteiger partial charge in [0.25, 0.3) is 0 Å². The lowest BCUT2D eigenvalue weighted by Crippen LogP contribution is -2.46. The van der Waals surface area contributed by atoms with E-state index in [0.717, 1.165) is 54.0 Å². The predicted molar refractivity (Wildman–Crippen MR) is 116 cm³/mol. The number of rotatable bonds is 6. The maximum Gasteiger partial charge on any atom is 0.371 e. The first kappa shape index (κ1) is 19.8. The Morgan fingerprint density at radius 2 is 1.97 bits per heavy atom. The van der Waals surface area contributed by atoms with Crippen LogP contribution in [0.2, 0.25) is 0 Å². The van der Waals surface area contributed by atoms with Crippen LogP contribution in [-0.4, -0.2) is 48.8 Å². The van der Waals surface area contributed by atoms with Gasteiger partial charge in [0.15, 0.2) is 0 Å². The van der Waals surface area contributed by atoms with Crippen molar-refractivity contribution >= 4 is 38.6 Å². The van der Waals surface area contributed by atoms with Gasteiger partial charge in [0.05, 0.1) is 16.8 Å². The minimum Gasteiger partial charge on any atom is -0.494 e. The lowest BCUT2D eigenvalue weighted by atomic mass is 10.1. The molecule has 0 spiro atoms. The van der Waals surface area contributed by atoms with E-state index >= 15 is 0 Å². The number of carboxylic acids is 1. The van der Waals surface area contributed by atoms with Crippen LogP contribution in [-0.2, 0) is 6.54 Å². The molecule has 1 N–H and O–H groups in total. The number of ether oxygens (including phenoxy) is 1. The summed E-state index contributed by atoms with van der Waals surface area (Å²) in [5, 5.41) is 9.95. The molecule has 0 atom stereocenters. The molecule has 29 heavy (non-hydrogen) atoms. The molecule has 152 valence electrons. The standard InChI is InChI=1S/C22H23BrN2O4/c1-2-28-16-5-3-4-15(12-16)14-24-8-10-25(11-9-24)18-6-7-19-17(21(18)23)13-20(29-19)22(26)27/h3-7,12-13H,2,8-11,14H2,1H3,(H,26,27). The third-order valence-electron chi connectivity index (χ3n) is 5.15. The largest absolute Gasteiger partial charge is 0.494 e. The summed E-state index contributed by atoms with van der Waals surface area (Å²) < 4.78 is 11.9. The first-order valence-electron chi connectivity index (χ1n) is 9.69. The molecule has 0 amide bonds. The normalized spacial score (nSPS) is 15.0. The van der Waals surface area contributed by atoms with Crippen molar-refractivity contribution in [2.75, 3.05) is 37.7 Å². The number of furan rings is 1. The lowest BCUT2D eigenvalue weighted by molar-refractivity contribution is 0.0665. The number of fused-ring (bicyclic) bond motifs is 1. The SMILES string of the molecule is CCOc1cccc(CN2CCN(c3ccc4oc(C(=O)O)cc4c3Br)CC2)c1. The Morgan fingerprint density at radius 3 is 2.69 bits per heavy atom. The molecule has 1 fully saturated rings. The number of nitrogens with zero attached hydrogens (tertiary/aromatic N) is 2. The fraction of sp³-hybridized carbons (Fsp3) is 0.318. The van der Waals surface area contributed by atoms with Crippen LogP contribution >= 0.6 is 15.9 Å². The summed E-state index contributed by atoms with van der Waals surface area (Å²) in [5.74, 6) is -0.185. The third-order valence-corrected chi connectivity index (χ3v) is 5.99. The molecule has 1 saturated heterocycles. The van der Waals surface area contributed by atoms with Crippen molar-refractivity contribution in [3.8, 4) is 5.75 Å². The molecular weight excluding hydrogens is 436 g/mol. The maximum atomic E-state index is 11.2. The van der Waals surface area contributed by atoms with E-state index in [-0.39, 0.29) is 5.76 Å². The van der Waals surface area contributed by atoms with Crippen LogP contribution in [0.5, 0.6) is 5.75 Å². The van der Waals surface area contributed by atoms with E-state index < -0.39 is 5.97 Å².